The molecule has 0 aliphatic carbocycles. The van der Waals surface area contributed by atoms with Gasteiger partial charge >= 0.3 is 0 Å². The van der Waals surface area contributed by atoms with Gasteiger partial charge in [-0.25, -0.2) is 8.78 Å². The number of aliphatic hydroxyl groups excluding tert-OH is 1. The van der Waals surface area contributed by atoms with Crippen LogP contribution in [0.5, 0.6) is 0 Å². The summed E-state index contributed by atoms with van der Waals surface area (Å²) in [6.45, 7) is 4.64. The summed E-state index contributed by atoms with van der Waals surface area (Å²) in [5.74, 6) is 0. The van der Waals surface area contributed by atoms with Crippen molar-refractivity contribution >= 4 is 0 Å². The minimum absolute atomic E-state index is 0.0981. The van der Waals surface area contributed by atoms with Crippen molar-refractivity contribution in [1.29, 1.82) is 0 Å². The van der Waals surface area contributed by atoms with Crippen LogP contribution in [0.2, 0.25) is 0 Å². The third-order valence-corrected chi connectivity index (χ3v) is 1.37. The molecule has 5 heteroatoms. The highest BCUT2D eigenvalue weighted by molar-refractivity contribution is 4.60. The number of halogens is 2. The summed E-state index contributed by atoms with van der Waals surface area (Å²) >= 11 is 0. The van der Waals surface area contributed by atoms with Gasteiger partial charge in [-0.3, -0.25) is 0 Å². The molecular weight excluding hydrogens is 180 g/mol. The summed E-state index contributed by atoms with van der Waals surface area (Å²) in [6.07, 6.45) is -4.13. The molecule has 13 heavy (non-hydrogen) atoms. The molecular formula is C8H17F2NO2. The Balaban J connectivity index is 3.16. The van der Waals surface area contributed by atoms with Gasteiger partial charge < -0.3 is 15.2 Å². The number of alkyl halides is 2. The Labute approximate surface area is 77.1 Å². The maximum atomic E-state index is 11.7. The topological polar surface area (TPSA) is 41.5 Å². The van der Waals surface area contributed by atoms with Crippen LogP contribution in [0.15, 0.2) is 0 Å². The van der Waals surface area contributed by atoms with Crippen LogP contribution in [0, 0.1) is 0 Å². The molecule has 1 atom stereocenters. The summed E-state index contributed by atoms with van der Waals surface area (Å²) in [6, 6.07) is 0. The van der Waals surface area contributed by atoms with Gasteiger partial charge in [-0.2, -0.15) is 0 Å². The van der Waals surface area contributed by atoms with Crippen molar-refractivity contribution in [3.8, 4) is 0 Å². The van der Waals surface area contributed by atoms with Crippen LogP contribution in [-0.4, -0.2) is 43.4 Å². The summed E-state index contributed by atoms with van der Waals surface area (Å²) in [5.41, 5.74) is 0. The van der Waals surface area contributed by atoms with Crippen LogP contribution in [0.3, 0.4) is 0 Å². The maximum absolute atomic E-state index is 11.7. The molecule has 80 valence electrons. The lowest BCUT2D eigenvalue weighted by molar-refractivity contribution is -0.00479. The number of nitrogens with one attached hydrogen (secondary N) is 1. The van der Waals surface area contributed by atoms with Crippen LogP contribution in [0.25, 0.3) is 0 Å². The average molecular weight is 197 g/mol. The van der Waals surface area contributed by atoms with Crippen molar-refractivity contribution in [2.24, 2.45) is 0 Å². The van der Waals surface area contributed by atoms with Gasteiger partial charge in [-0.05, 0) is 13.8 Å². The second-order valence-corrected chi connectivity index (χ2v) is 3.03. The molecule has 1 unspecified atom stereocenters. The quantitative estimate of drug-likeness (QED) is 0.588. The van der Waals surface area contributed by atoms with Gasteiger partial charge in [0, 0.05) is 13.1 Å². The van der Waals surface area contributed by atoms with E-state index < -0.39 is 12.5 Å². The Bertz CT molecular complexity index is 123. The molecule has 0 saturated heterocycles. The van der Waals surface area contributed by atoms with E-state index in [1.807, 2.05) is 13.8 Å². The van der Waals surface area contributed by atoms with Crippen LogP contribution in [0.4, 0.5) is 8.78 Å². The van der Waals surface area contributed by atoms with Gasteiger partial charge in [-0.1, -0.05) is 0 Å². The highest BCUT2D eigenvalue weighted by Crippen LogP contribution is 1.98. The first-order valence-electron chi connectivity index (χ1n) is 4.32. The standard InChI is InChI=1S/C8H17F2NO2/c1-6(2)13-4-3-11-5-7(12)8(9)10/h6-8,11-12H,3-5H2,1-2H3. The SMILES string of the molecule is CC(C)OCCNCC(O)C(F)F. The van der Waals surface area contributed by atoms with Crippen LogP contribution in [0.1, 0.15) is 13.8 Å². The van der Waals surface area contributed by atoms with Gasteiger partial charge in [0.2, 0.25) is 0 Å². The molecule has 3 nitrogen and oxygen atoms in total. The highest BCUT2D eigenvalue weighted by atomic mass is 19.3. The maximum Gasteiger partial charge on any atom is 0.265 e. The zero-order chi connectivity index (χ0) is 10.3. The monoisotopic (exact) mass is 197 g/mol. The van der Waals surface area contributed by atoms with Crippen molar-refractivity contribution in [3.05, 3.63) is 0 Å². The number of aliphatic hydroxyl groups is 1. The molecule has 0 aromatic heterocycles. The molecule has 0 spiro atoms. The fraction of sp³-hybridized carbons (Fsp3) is 1.00. The predicted molar refractivity (Wildman–Crippen MR) is 46.0 cm³/mol. The molecule has 0 aromatic carbocycles. The first-order chi connectivity index (χ1) is 6.04. The summed E-state index contributed by atoms with van der Waals surface area (Å²) in [5, 5.41) is 11.3. The van der Waals surface area contributed by atoms with E-state index in [9.17, 15) is 8.78 Å². The zero-order valence-electron chi connectivity index (χ0n) is 7.96. The van der Waals surface area contributed by atoms with E-state index in [1.165, 1.54) is 0 Å². The smallest absolute Gasteiger partial charge is 0.265 e. The van der Waals surface area contributed by atoms with Crippen molar-refractivity contribution in [2.45, 2.75) is 32.5 Å². The van der Waals surface area contributed by atoms with Gasteiger partial charge in [-0.15, -0.1) is 0 Å². The number of hydrogen-bond donors (Lipinski definition) is 2. The molecule has 0 heterocycles. The second kappa shape index (κ2) is 7.17. The normalized spacial score (nSPS) is 14.1. The number of rotatable bonds is 7. The lowest BCUT2D eigenvalue weighted by atomic mass is 10.4. The van der Waals surface area contributed by atoms with Gasteiger partial charge in [0.25, 0.3) is 6.43 Å². The Morgan fingerprint density at radius 1 is 1.38 bits per heavy atom. The first-order valence-corrected chi connectivity index (χ1v) is 4.32. The van der Waals surface area contributed by atoms with E-state index in [1.54, 1.807) is 0 Å². The molecule has 0 radical (unpaired) electrons. The molecule has 0 aliphatic rings. The third-order valence-electron chi connectivity index (χ3n) is 1.37. The van der Waals surface area contributed by atoms with Crippen LogP contribution < -0.4 is 5.32 Å². The number of hydrogen-bond acceptors (Lipinski definition) is 3. The predicted octanol–water partition coefficient (Wildman–Crippen LogP) is 0.627. The lowest BCUT2D eigenvalue weighted by Gasteiger charge is -2.11. The Morgan fingerprint density at radius 2 is 2.00 bits per heavy atom. The molecule has 0 amide bonds. The summed E-state index contributed by atoms with van der Waals surface area (Å²) in [7, 11) is 0. The summed E-state index contributed by atoms with van der Waals surface area (Å²) < 4.78 is 28.6. The minimum atomic E-state index is -2.68. The average Bonchev–Trinajstić information content (AvgIpc) is 2.02. The van der Waals surface area contributed by atoms with Crippen LogP contribution >= 0.6 is 0 Å². The van der Waals surface area contributed by atoms with Gasteiger partial charge in [0.05, 0.1) is 12.7 Å². The van der Waals surface area contributed by atoms with E-state index in [0.29, 0.717) is 13.2 Å². The largest absolute Gasteiger partial charge is 0.386 e. The Kier molecular flexibility index (Phi) is 7.03. The van der Waals surface area contributed by atoms with Gasteiger partial charge in [0.1, 0.15) is 6.10 Å². The number of ether oxygens (including phenoxy) is 1. The zero-order valence-corrected chi connectivity index (χ0v) is 7.96. The second-order valence-electron chi connectivity index (χ2n) is 3.03. The first kappa shape index (κ1) is 12.7. The van der Waals surface area contributed by atoms with Crippen molar-refractivity contribution in [3.63, 3.8) is 0 Å². The molecule has 0 rings (SSSR count). The van der Waals surface area contributed by atoms with E-state index in [0.717, 1.165) is 0 Å². The van der Waals surface area contributed by atoms with Crippen molar-refractivity contribution < 1.29 is 18.6 Å². The molecule has 2 N–H and O–H groups in total. The highest BCUT2D eigenvalue weighted by Gasteiger charge is 2.15. The van der Waals surface area contributed by atoms with Gasteiger partial charge in [0.15, 0.2) is 0 Å². The molecule has 0 fully saturated rings. The third kappa shape index (κ3) is 8.08. The van der Waals surface area contributed by atoms with E-state index in [-0.39, 0.29) is 12.6 Å². The fourth-order valence-corrected chi connectivity index (χ4v) is 0.706. The minimum Gasteiger partial charge on any atom is -0.386 e. The van der Waals surface area contributed by atoms with Crippen molar-refractivity contribution in [2.75, 3.05) is 19.7 Å². The summed E-state index contributed by atoms with van der Waals surface area (Å²) in [4.78, 5) is 0. The van der Waals surface area contributed by atoms with Crippen molar-refractivity contribution in [1.82, 2.24) is 5.32 Å². The Hall–Kier alpha value is -0.260. The molecule has 0 saturated carbocycles. The molecule has 0 aromatic rings. The van der Waals surface area contributed by atoms with E-state index in [2.05, 4.69) is 5.32 Å². The fourth-order valence-electron chi connectivity index (χ4n) is 0.706. The Morgan fingerprint density at radius 3 is 2.46 bits per heavy atom. The van der Waals surface area contributed by atoms with Crippen LogP contribution in [-0.2, 0) is 4.74 Å². The molecule has 0 aliphatic heterocycles. The van der Waals surface area contributed by atoms with E-state index >= 15 is 0 Å². The molecule has 0 bridgehead atoms. The lowest BCUT2D eigenvalue weighted by Crippen LogP contribution is -2.34. The van der Waals surface area contributed by atoms with E-state index in [4.69, 9.17) is 9.84 Å².